The normalized spacial score (nSPS) is 25.1. The third-order valence-corrected chi connectivity index (χ3v) is 5.29. The lowest BCUT2D eigenvalue weighted by Crippen LogP contribution is -2.13. The fraction of sp³-hybridized carbons (Fsp3) is 0.700. The summed E-state index contributed by atoms with van der Waals surface area (Å²) in [6.45, 7) is 4.45. The standard InChI is InChI=1S/C20H32/c1-3-5-6-18-11-13-20(14-12-18)16-15-19-9-7-17(4-2)8-10-19/h3,5,15-16,18-19H,4,6-14H2,1-2H3. The van der Waals surface area contributed by atoms with Crippen molar-refractivity contribution in [3.8, 4) is 0 Å². The van der Waals surface area contributed by atoms with Gasteiger partial charge in [-0.25, -0.2) is 0 Å². The van der Waals surface area contributed by atoms with Gasteiger partial charge >= 0.3 is 0 Å². The van der Waals surface area contributed by atoms with Gasteiger partial charge in [-0.2, -0.15) is 0 Å². The fourth-order valence-corrected chi connectivity index (χ4v) is 3.65. The van der Waals surface area contributed by atoms with E-state index in [2.05, 4.69) is 38.2 Å². The Morgan fingerprint density at radius 3 is 2.30 bits per heavy atom. The largest absolute Gasteiger partial charge is 0.0917 e. The Bertz CT molecular complexity index is 296. The van der Waals surface area contributed by atoms with Gasteiger partial charge in [-0.05, 0) is 94.8 Å². The van der Waals surface area contributed by atoms with Gasteiger partial charge in [-0.1, -0.05) is 31.2 Å². The highest BCUT2D eigenvalue weighted by molar-refractivity contribution is 5.14. The predicted octanol–water partition coefficient (Wildman–Crippen LogP) is 6.45. The SMILES string of the molecule is CC=CCC1CC[C](C=CC2CC[C](CC)CC2)CC1. The zero-order valence-electron chi connectivity index (χ0n) is 13.5. The second-order valence-electron chi connectivity index (χ2n) is 6.71. The van der Waals surface area contributed by atoms with Crippen LogP contribution in [0.1, 0.15) is 78.1 Å². The number of rotatable bonds is 5. The van der Waals surface area contributed by atoms with Gasteiger partial charge in [0.25, 0.3) is 0 Å². The minimum Gasteiger partial charge on any atom is -0.0917 e. The van der Waals surface area contributed by atoms with E-state index in [0.717, 1.165) is 11.8 Å². The molecule has 0 aliphatic heterocycles. The molecule has 0 nitrogen and oxygen atoms in total. The molecule has 0 aromatic carbocycles. The lowest BCUT2D eigenvalue weighted by Gasteiger charge is -2.27. The Hall–Kier alpha value is -0.520. The van der Waals surface area contributed by atoms with Crippen molar-refractivity contribution in [2.75, 3.05) is 0 Å². The van der Waals surface area contributed by atoms with Gasteiger partial charge < -0.3 is 0 Å². The van der Waals surface area contributed by atoms with E-state index in [1.54, 1.807) is 11.8 Å². The minimum absolute atomic E-state index is 0.860. The average Bonchev–Trinajstić information content (AvgIpc) is 2.52. The summed E-state index contributed by atoms with van der Waals surface area (Å²) >= 11 is 0. The molecule has 0 aromatic heterocycles. The Kier molecular flexibility index (Phi) is 6.90. The van der Waals surface area contributed by atoms with Crippen LogP contribution in [0.15, 0.2) is 24.3 Å². The van der Waals surface area contributed by atoms with Crippen LogP contribution in [0.5, 0.6) is 0 Å². The molecule has 0 saturated heterocycles. The smallest absolute Gasteiger partial charge is 0.00270 e. The van der Waals surface area contributed by atoms with Gasteiger partial charge in [-0.15, -0.1) is 0 Å². The van der Waals surface area contributed by atoms with E-state index < -0.39 is 0 Å². The van der Waals surface area contributed by atoms with Crippen LogP contribution in [0, 0.1) is 23.7 Å². The van der Waals surface area contributed by atoms with Gasteiger partial charge in [0.1, 0.15) is 0 Å². The molecule has 0 aromatic rings. The maximum Gasteiger partial charge on any atom is -0.00270 e. The number of allylic oxidation sites excluding steroid dienone is 4. The van der Waals surface area contributed by atoms with E-state index in [9.17, 15) is 0 Å². The molecule has 2 aliphatic rings. The van der Waals surface area contributed by atoms with Crippen molar-refractivity contribution in [2.45, 2.75) is 78.1 Å². The summed E-state index contributed by atoms with van der Waals surface area (Å²) in [5.74, 6) is 5.32. The fourth-order valence-electron chi connectivity index (χ4n) is 3.65. The van der Waals surface area contributed by atoms with Crippen molar-refractivity contribution in [1.29, 1.82) is 0 Å². The predicted molar refractivity (Wildman–Crippen MR) is 89.3 cm³/mol. The van der Waals surface area contributed by atoms with Crippen molar-refractivity contribution in [3.63, 3.8) is 0 Å². The van der Waals surface area contributed by atoms with Gasteiger partial charge in [-0.3, -0.25) is 0 Å². The van der Waals surface area contributed by atoms with E-state index in [1.807, 2.05) is 0 Å². The third-order valence-electron chi connectivity index (χ3n) is 5.29. The van der Waals surface area contributed by atoms with Crippen molar-refractivity contribution in [3.05, 3.63) is 36.1 Å². The van der Waals surface area contributed by atoms with Gasteiger partial charge in [0, 0.05) is 0 Å². The maximum atomic E-state index is 2.54. The molecule has 2 fully saturated rings. The summed E-state index contributed by atoms with van der Waals surface area (Å²) in [4.78, 5) is 0. The lowest BCUT2D eigenvalue weighted by molar-refractivity contribution is 0.390. The molecule has 0 unspecified atom stereocenters. The number of hydrogen-bond acceptors (Lipinski definition) is 0. The molecule has 112 valence electrons. The van der Waals surface area contributed by atoms with Crippen molar-refractivity contribution >= 4 is 0 Å². The monoisotopic (exact) mass is 272 g/mol. The van der Waals surface area contributed by atoms with E-state index in [4.69, 9.17) is 0 Å². The summed E-state index contributed by atoms with van der Waals surface area (Å²) in [5, 5.41) is 0. The van der Waals surface area contributed by atoms with Crippen LogP contribution in [0.2, 0.25) is 0 Å². The highest BCUT2D eigenvalue weighted by atomic mass is 14.3. The van der Waals surface area contributed by atoms with Crippen molar-refractivity contribution in [1.82, 2.24) is 0 Å². The molecule has 2 aliphatic carbocycles. The number of hydrogen-bond donors (Lipinski definition) is 0. The molecule has 0 spiro atoms. The average molecular weight is 272 g/mol. The Labute approximate surface area is 126 Å². The van der Waals surface area contributed by atoms with Crippen LogP contribution >= 0.6 is 0 Å². The quantitative estimate of drug-likeness (QED) is 0.505. The summed E-state index contributed by atoms with van der Waals surface area (Å²) in [6, 6.07) is 0. The second kappa shape index (κ2) is 8.70. The van der Waals surface area contributed by atoms with Crippen LogP contribution in [-0.2, 0) is 0 Å². The molecule has 0 bridgehead atoms. The molecule has 2 saturated carbocycles. The van der Waals surface area contributed by atoms with E-state index in [-0.39, 0.29) is 0 Å². The summed E-state index contributed by atoms with van der Waals surface area (Å²) in [7, 11) is 0. The first-order valence-corrected chi connectivity index (χ1v) is 8.79. The maximum absolute atomic E-state index is 2.54. The van der Waals surface area contributed by atoms with Crippen LogP contribution in [-0.4, -0.2) is 0 Å². The van der Waals surface area contributed by atoms with E-state index in [1.165, 1.54) is 64.2 Å². The molecule has 0 N–H and O–H groups in total. The first kappa shape index (κ1) is 15.9. The van der Waals surface area contributed by atoms with Crippen molar-refractivity contribution in [2.24, 2.45) is 11.8 Å². The summed E-state index contributed by atoms with van der Waals surface area (Å²) in [5.41, 5.74) is 0. The third kappa shape index (κ3) is 5.11. The van der Waals surface area contributed by atoms with Crippen LogP contribution in [0.4, 0.5) is 0 Å². The Morgan fingerprint density at radius 1 is 1.00 bits per heavy atom. The zero-order valence-corrected chi connectivity index (χ0v) is 13.5. The molecular formula is C20H32. The highest BCUT2D eigenvalue weighted by Gasteiger charge is 2.21. The zero-order chi connectivity index (χ0) is 14.2. The molecule has 0 heterocycles. The molecule has 0 amide bonds. The van der Waals surface area contributed by atoms with E-state index >= 15 is 0 Å². The molecule has 0 heteroatoms. The van der Waals surface area contributed by atoms with E-state index in [0.29, 0.717) is 0 Å². The van der Waals surface area contributed by atoms with Crippen molar-refractivity contribution < 1.29 is 0 Å². The molecule has 0 atom stereocenters. The Morgan fingerprint density at radius 2 is 1.70 bits per heavy atom. The van der Waals surface area contributed by atoms with Gasteiger partial charge in [0.05, 0.1) is 0 Å². The molecule has 2 rings (SSSR count). The topological polar surface area (TPSA) is 0 Å². The minimum atomic E-state index is 0.860. The first-order valence-electron chi connectivity index (χ1n) is 8.79. The van der Waals surface area contributed by atoms with Gasteiger partial charge in [0.15, 0.2) is 0 Å². The van der Waals surface area contributed by atoms with Crippen LogP contribution in [0.25, 0.3) is 0 Å². The lowest BCUT2D eigenvalue weighted by atomic mass is 9.78. The summed E-state index contributed by atoms with van der Waals surface area (Å²) in [6.07, 6.45) is 23.2. The molecule has 2 radical (unpaired) electrons. The second-order valence-corrected chi connectivity index (χ2v) is 6.71. The van der Waals surface area contributed by atoms with Gasteiger partial charge in [0.2, 0.25) is 0 Å². The molecule has 20 heavy (non-hydrogen) atoms. The molecular weight excluding hydrogens is 240 g/mol. The Balaban J connectivity index is 1.66. The summed E-state index contributed by atoms with van der Waals surface area (Å²) < 4.78 is 0. The first-order chi connectivity index (χ1) is 9.81. The van der Waals surface area contributed by atoms with Crippen LogP contribution in [0.3, 0.4) is 0 Å². The highest BCUT2D eigenvalue weighted by Crippen LogP contribution is 2.36. The van der Waals surface area contributed by atoms with Crippen LogP contribution < -0.4 is 0 Å².